The summed E-state index contributed by atoms with van der Waals surface area (Å²) < 4.78 is 6.12. The molecule has 186 valence electrons. The Morgan fingerprint density at radius 1 is 1.03 bits per heavy atom. The van der Waals surface area contributed by atoms with Gasteiger partial charge in [-0.2, -0.15) is 0 Å². The van der Waals surface area contributed by atoms with Gasteiger partial charge >= 0.3 is 5.97 Å². The van der Waals surface area contributed by atoms with E-state index in [0.29, 0.717) is 30.1 Å². The Balaban J connectivity index is 2.22. The van der Waals surface area contributed by atoms with Gasteiger partial charge in [-0.05, 0) is 92.0 Å². The van der Waals surface area contributed by atoms with Crippen molar-refractivity contribution in [2.45, 2.75) is 92.8 Å². The van der Waals surface area contributed by atoms with Crippen LogP contribution < -0.4 is 0 Å². The molecule has 0 aliphatic carbocycles. The maximum atomic E-state index is 12.5. The molecule has 0 aromatic heterocycles. The molecule has 0 spiro atoms. The van der Waals surface area contributed by atoms with E-state index in [9.17, 15) is 15.0 Å². The SMILES string of the molecule is Cc1c2c(c(C)c([C@H](OC(C)(C)C)C(=O)O)c1-c1ccc(Cl)cc1)CN(C(O)CC(C)(C)C)C2. The number of fused-ring (bicyclic) bond motifs is 1. The molecule has 0 saturated carbocycles. The fourth-order valence-corrected chi connectivity index (χ4v) is 4.96. The molecular weight excluding hydrogens is 450 g/mol. The molecule has 0 amide bonds. The number of aliphatic hydroxyl groups excluding tert-OH is 1. The molecule has 2 atom stereocenters. The highest BCUT2D eigenvalue weighted by Crippen LogP contribution is 2.44. The molecule has 1 aliphatic heterocycles. The fraction of sp³-hybridized carbons (Fsp3) is 0.536. The summed E-state index contributed by atoms with van der Waals surface area (Å²) in [5.74, 6) is -1.02. The van der Waals surface area contributed by atoms with E-state index in [0.717, 1.165) is 33.4 Å². The van der Waals surface area contributed by atoms with Crippen molar-refractivity contribution in [1.29, 1.82) is 0 Å². The van der Waals surface area contributed by atoms with Crippen molar-refractivity contribution in [2.75, 3.05) is 0 Å². The van der Waals surface area contributed by atoms with Crippen molar-refractivity contribution in [3.8, 4) is 11.1 Å². The topological polar surface area (TPSA) is 70.0 Å². The summed E-state index contributed by atoms with van der Waals surface area (Å²) in [5, 5.41) is 21.8. The predicted molar refractivity (Wildman–Crippen MR) is 137 cm³/mol. The van der Waals surface area contributed by atoms with Gasteiger partial charge in [0.2, 0.25) is 0 Å². The highest BCUT2D eigenvalue weighted by atomic mass is 35.5. The van der Waals surface area contributed by atoms with E-state index >= 15 is 0 Å². The average Bonchev–Trinajstić information content (AvgIpc) is 3.14. The first kappa shape index (κ1) is 26.7. The molecule has 2 aromatic carbocycles. The zero-order valence-electron chi connectivity index (χ0n) is 21.6. The van der Waals surface area contributed by atoms with E-state index in [4.69, 9.17) is 16.3 Å². The first-order chi connectivity index (χ1) is 15.6. The number of benzene rings is 2. The summed E-state index contributed by atoms with van der Waals surface area (Å²) >= 11 is 6.16. The van der Waals surface area contributed by atoms with Crippen LogP contribution in [0.15, 0.2) is 24.3 Å². The third kappa shape index (κ3) is 5.83. The molecule has 1 heterocycles. The number of carboxylic acid groups (broad SMARTS) is 1. The summed E-state index contributed by atoms with van der Waals surface area (Å²) in [6.45, 7) is 17.2. The number of carboxylic acids is 1. The summed E-state index contributed by atoms with van der Waals surface area (Å²) in [7, 11) is 0. The van der Waals surface area contributed by atoms with E-state index in [1.165, 1.54) is 0 Å². The summed E-state index contributed by atoms with van der Waals surface area (Å²) in [5.41, 5.74) is 5.97. The van der Waals surface area contributed by atoms with E-state index in [2.05, 4.69) is 25.7 Å². The zero-order valence-corrected chi connectivity index (χ0v) is 22.4. The van der Waals surface area contributed by atoms with E-state index < -0.39 is 23.9 Å². The van der Waals surface area contributed by atoms with Crippen LogP contribution in [0.25, 0.3) is 11.1 Å². The third-order valence-electron chi connectivity index (χ3n) is 6.35. The number of rotatable bonds is 6. The lowest BCUT2D eigenvalue weighted by Crippen LogP contribution is -2.33. The lowest BCUT2D eigenvalue weighted by Gasteiger charge is -2.30. The van der Waals surface area contributed by atoms with Gasteiger partial charge in [-0.15, -0.1) is 0 Å². The Kier molecular flexibility index (Phi) is 7.55. The van der Waals surface area contributed by atoms with Gasteiger partial charge in [-0.3, -0.25) is 4.90 Å². The largest absolute Gasteiger partial charge is 0.479 e. The minimum Gasteiger partial charge on any atom is -0.479 e. The van der Waals surface area contributed by atoms with Gasteiger partial charge in [0.15, 0.2) is 6.10 Å². The van der Waals surface area contributed by atoms with Crippen molar-refractivity contribution in [3.05, 3.63) is 57.1 Å². The lowest BCUT2D eigenvalue weighted by molar-refractivity contribution is -0.160. The van der Waals surface area contributed by atoms with Crippen molar-refractivity contribution in [2.24, 2.45) is 5.41 Å². The molecule has 0 bridgehead atoms. The second kappa shape index (κ2) is 9.62. The standard InChI is InChI=1S/C28H38ClNO4/c1-16-20-14-30(22(31)13-27(3,4)5)15-21(20)17(2)24(25(26(32)33)34-28(6,7)8)23(16)18-9-11-19(29)12-10-18/h9-12,22,25,31H,13-15H2,1-8H3,(H,32,33)/t22?,25-/m0/s1. The van der Waals surface area contributed by atoms with Gasteiger partial charge in [0.05, 0.1) is 5.60 Å². The highest BCUT2D eigenvalue weighted by molar-refractivity contribution is 6.30. The van der Waals surface area contributed by atoms with Crippen LogP contribution in [0.1, 0.15) is 81.9 Å². The van der Waals surface area contributed by atoms with Crippen LogP contribution in [0.3, 0.4) is 0 Å². The van der Waals surface area contributed by atoms with Crippen LogP contribution in [-0.2, 0) is 22.6 Å². The quantitative estimate of drug-likeness (QED) is 0.478. The molecule has 3 rings (SSSR count). The summed E-state index contributed by atoms with van der Waals surface area (Å²) in [6, 6.07) is 7.50. The van der Waals surface area contributed by atoms with Gasteiger partial charge in [-0.1, -0.05) is 44.5 Å². The number of halogens is 1. The number of hydrogen-bond acceptors (Lipinski definition) is 4. The molecule has 0 radical (unpaired) electrons. The van der Waals surface area contributed by atoms with Crippen LogP contribution in [0.2, 0.25) is 5.02 Å². The fourth-order valence-electron chi connectivity index (χ4n) is 4.84. The Bertz CT molecular complexity index is 1060. The molecule has 1 unspecified atom stereocenters. The van der Waals surface area contributed by atoms with Gasteiger partial charge in [0.25, 0.3) is 0 Å². The molecule has 2 aromatic rings. The second-order valence-corrected chi connectivity index (χ2v) is 12.0. The first-order valence-electron chi connectivity index (χ1n) is 11.8. The number of ether oxygens (including phenoxy) is 1. The number of aliphatic hydroxyl groups is 1. The zero-order chi connectivity index (χ0) is 25.6. The summed E-state index contributed by atoms with van der Waals surface area (Å²) in [6.07, 6.45) is -1.04. The normalized spacial score (nSPS) is 16.4. The minimum atomic E-state index is -1.12. The molecule has 0 saturated heterocycles. The van der Waals surface area contributed by atoms with Crippen LogP contribution in [0.4, 0.5) is 0 Å². The van der Waals surface area contributed by atoms with Gasteiger partial charge in [0.1, 0.15) is 6.23 Å². The van der Waals surface area contributed by atoms with Gasteiger partial charge in [-0.25, -0.2) is 4.79 Å². The smallest absolute Gasteiger partial charge is 0.337 e. The highest BCUT2D eigenvalue weighted by Gasteiger charge is 2.37. The first-order valence-corrected chi connectivity index (χ1v) is 12.2. The maximum absolute atomic E-state index is 12.5. The van der Waals surface area contributed by atoms with Crippen molar-refractivity contribution in [3.63, 3.8) is 0 Å². The number of hydrogen-bond donors (Lipinski definition) is 2. The molecule has 5 nitrogen and oxygen atoms in total. The van der Waals surface area contributed by atoms with Crippen LogP contribution >= 0.6 is 11.6 Å². The van der Waals surface area contributed by atoms with E-state index in [1.807, 2.05) is 58.9 Å². The van der Waals surface area contributed by atoms with Crippen molar-refractivity contribution >= 4 is 17.6 Å². The van der Waals surface area contributed by atoms with Crippen LogP contribution in [-0.4, -0.2) is 32.9 Å². The summed E-state index contributed by atoms with van der Waals surface area (Å²) in [4.78, 5) is 14.6. The number of aliphatic carboxylic acids is 1. The third-order valence-corrected chi connectivity index (χ3v) is 6.60. The minimum absolute atomic E-state index is 0.00708. The Labute approximate surface area is 208 Å². The Morgan fingerprint density at radius 3 is 2.03 bits per heavy atom. The Hall–Kier alpha value is -1.92. The van der Waals surface area contributed by atoms with E-state index in [-0.39, 0.29) is 5.41 Å². The predicted octanol–water partition coefficient (Wildman–Crippen LogP) is 6.63. The van der Waals surface area contributed by atoms with Gasteiger partial charge < -0.3 is 14.9 Å². The molecule has 34 heavy (non-hydrogen) atoms. The van der Waals surface area contributed by atoms with Crippen molar-refractivity contribution in [1.82, 2.24) is 4.90 Å². The van der Waals surface area contributed by atoms with Gasteiger partial charge in [0, 0.05) is 23.7 Å². The molecule has 1 aliphatic rings. The lowest BCUT2D eigenvalue weighted by atomic mass is 9.83. The Morgan fingerprint density at radius 2 is 1.56 bits per heavy atom. The second-order valence-electron chi connectivity index (χ2n) is 11.6. The van der Waals surface area contributed by atoms with Crippen LogP contribution in [0, 0.1) is 19.3 Å². The average molecular weight is 488 g/mol. The van der Waals surface area contributed by atoms with E-state index in [1.54, 1.807) is 0 Å². The monoisotopic (exact) mass is 487 g/mol. The number of carbonyl (C=O) groups is 1. The molecule has 6 heteroatoms. The maximum Gasteiger partial charge on any atom is 0.337 e. The molecule has 2 N–H and O–H groups in total. The van der Waals surface area contributed by atoms with Crippen LogP contribution in [0.5, 0.6) is 0 Å². The molecule has 0 fully saturated rings. The molecular formula is C28H38ClNO4. The van der Waals surface area contributed by atoms with Crippen molar-refractivity contribution < 1.29 is 19.7 Å². The number of nitrogens with zero attached hydrogens (tertiary/aromatic N) is 1.